The molecule has 1 aromatic heterocycles. The van der Waals surface area contributed by atoms with Gasteiger partial charge in [0.1, 0.15) is 11.6 Å². The highest BCUT2D eigenvalue weighted by atomic mass is 35.5. The molecule has 2 aliphatic heterocycles. The average molecular weight is 419 g/mol. The highest BCUT2D eigenvalue weighted by molar-refractivity contribution is 6.31. The molecule has 6 nitrogen and oxygen atoms in total. The van der Waals surface area contributed by atoms with Gasteiger partial charge in [0, 0.05) is 37.0 Å². The van der Waals surface area contributed by atoms with Crippen LogP contribution in [0.3, 0.4) is 0 Å². The molecule has 1 saturated heterocycles. The van der Waals surface area contributed by atoms with Crippen LogP contribution in [0.1, 0.15) is 55.2 Å². The van der Waals surface area contributed by atoms with Crippen LogP contribution in [0.2, 0.25) is 5.02 Å². The molecule has 0 saturated carbocycles. The number of aliphatic hydroxyl groups is 1. The van der Waals surface area contributed by atoms with Gasteiger partial charge in [-0.1, -0.05) is 36.2 Å². The van der Waals surface area contributed by atoms with Gasteiger partial charge >= 0.3 is 0 Å². The molecule has 29 heavy (non-hydrogen) atoms. The van der Waals surface area contributed by atoms with Crippen LogP contribution < -0.4 is 0 Å². The van der Waals surface area contributed by atoms with Gasteiger partial charge in [0.25, 0.3) is 0 Å². The van der Waals surface area contributed by atoms with Crippen LogP contribution in [0, 0.1) is 0 Å². The van der Waals surface area contributed by atoms with E-state index in [4.69, 9.17) is 16.3 Å². The van der Waals surface area contributed by atoms with Crippen molar-refractivity contribution in [2.45, 2.75) is 63.7 Å². The first-order chi connectivity index (χ1) is 14.2. The number of aromatic nitrogens is 3. The Labute approximate surface area is 177 Å². The number of rotatable bonds is 7. The Kier molecular flexibility index (Phi) is 7.19. The van der Waals surface area contributed by atoms with Crippen molar-refractivity contribution >= 4 is 11.6 Å². The van der Waals surface area contributed by atoms with Gasteiger partial charge in [0.15, 0.2) is 0 Å². The number of ether oxygens (including phenoxy) is 1. The number of hydrogen-bond donors (Lipinski definition) is 1. The third-order valence-electron chi connectivity index (χ3n) is 6.00. The predicted molar refractivity (Wildman–Crippen MR) is 113 cm³/mol. The minimum absolute atomic E-state index is 0.312. The smallest absolute Gasteiger partial charge is 0.137 e. The lowest BCUT2D eigenvalue weighted by atomic mass is 9.96. The van der Waals surface area contributed by atoms with Crippen molar-refractivity contribution in [2.24, 2.45) is 0 Å². The quantitative estimate of drug-likeness (QED) is 0.746. The Morgan fingerprint density at radius 1 is 1.14 bits per heavy atom. The number of nitrogens with zero attached hydrogens (tertiary/aromatic N) is 4. The molecule has 1 aromatic carbocycles. The van der Waals surface area contributed by atoms with Crippen molar-refractivity contribution in [3.8, 4) is 0 Å². The molecule has 7 heteroatoms. The minimum atomic E-state index is -0.508. The van der Waals surface area contributed by atoms with E-state index in [-0.39, 0.29) is 0 Å². The third-order valence-corrected chi connectivity index (χ3v) is 6.37. The number of benzene rings is 1. The molecule has 2 atom stereocenters. The lowest BCUT2D eigenvalue weighted by Gasteiger charge is -2.33. The van der Waals surface area contributed by atoms with Gasteiger partial charge in [-0.25, -0.2) is 0 Å². The van der Waals surface area contributed by atoms with Gasteiger partial charge in [-0.3, -0.25) is 4.90 Å². The van der Waals surface area contributed by atoms with E-state index in [1.54, 1.807) is 0 Å². The summed E-state index contributed by atoms with van der Waals surface area (Å²) in [5.74, 6) is 2.71. The summed E-state index contributed by atoms with van der Waals surface area (Å²) in [5, 5.41) is 20.2. The summed E-state index contributed by atoms with van der Waals surface area (Å²) in [7, 11) is 0. The molecule has 4 rings (SSSR count). The molecule has 0 radical (unpaired) electrons. The van der Waals surface area contributed by atoms with Gasteiger partial charge < -0.3 is 14.4 Å². The van der Waals surface area contributed by atoms with Gasteiger partial charge in [0.05, 0.1) is 19.3 Å². The first kappa shape index (κ1) is 20.8. The van der Waals surface area contributed by atoms with Crippen molar-refractivity contribution in [2.75, 3.05) is 26.2 Å². The molecule has 0 spiro atoms. The van der Waals surface area contributed by atoms with Crippen molar-refractivity contribution in [1.29, 1.82) is 0 Å². The Hall–Kier alpha value is -1.47. The van der Waals surface area contributed by atoms with Crippen LogP contribution in [-0.2, 0) is 24.3 Å². The SMILES string of the molecule is OC(COCc1ccccc1Cl)CN1CCCC(c2nnc3n2CCCCC3)C1. The van der Waals surface area contributed by atoms with Gasteiger partial charge in [-0.05, 0) is 43.9 Å². The molecule has 1 fully saturated rings. The average Bonchev–Trinajstić information content (AvgIpc) is 2.98. The number of hydrogen-bond acceptors (Lipinski definition) is 5. The van der Waals surface area contributed by atoms with Crippen molar-refractivity contribution in [3.05, 3.63) is 46.5 Å². The predicted octanol–water partition coefficient (Wildman–Crippen LogP) is 3.42. The monoisotopic (exact) mass is 418 g/mol. The standard InChI is InChI=1S/C22H31ClN4O2/c23-20-9-4-3-7-18(20)15-29-16-19(28)14-26-11-6-8-17(13-26)22-25-24-21-10-2-1-5-12-27(21)22/h3-4,7,9,17,19,28H,1-2,5-6,8,10-16H2. The summed E-state index contributed by atoms with van der Waals surface area (Å²) in [5.41, 5.74) is 0.951. The topological polar surface area (TPSA) is 63.4 Å². The molecule has 2 unspecified atom stereocenters. The largest absolute Gasteiger partial charge is 0.389 e. The molecule has 3 heterocycles. The van der Waals surface area contributed by atoms with Crippen molar-refractivity contribution in [3.63, 3.8) is 0 Å². The van der Waals surface area contributed by atoms with Crippen LogP contribution in [0.25, 0.3) is 0 Å². The second kappa shape index (κ2) is 10.0. The van der Waals surface area contributed by atoms with E-state index in [2.05, 4.69) is 19.7 Å². The molecule has 2 aliphatic rings. The van der Waals surface area contributed by atoms with Gasteiger partial charge in [0.2, 0.25) is 0 Å². The normalized spacial score (nSPS) is 21.5. The van der Waals surface area contributed by atoms with Gasteiger partial charge in [-0.2, -0.15) is 0 Å². The molecule has 2 aromatic rings. The second-order valence-corrected chi connectivity index (χ2v) is 8.70. The first-order valence-electron chi connectivity index (χ1n) is 10.8. The number of aryl methyl sites for hydroxylation is 1. The maximum absolute atomic E-state index is 10.5. The fourth-order valence-corrected chi connectivity index (χ4v) is 4.70. The van der Waals surface area contributed by atoms with Crippen LogP contribution >= 0.6 is 11.6 Å². The summed E-state index contributed by atoms with van der Waals surface area (Å²) >= 11 is 6.16. The second-order valence-electron chi connectivity index (χ2n) is 8.30. The number of fused-ring (bicyclic) bond motifs is 1. The Morgan fingerprint density at radius 3 is 2.93 bits per heavy atom. The molecule has 1 N–H and O–H groups in total. The summed E-state index contributed by atoms with van der Waals surface area (Å²) in [6, 6.07) is 7.66. The zero-order chi connectivity index (χ0) is 20.1. The molecular formula is C22H31ClN4O2. The number of piperidine rings is 1. The Bertz CT molecular complexity index is 797. The fourth-order valence-electron chi connectivity index (χ4n) is 4.51. The lowest BCUT2D eigenvalue weighted by molar-refractivity contribution is 0.00543. The van der Waals surface area contributed by atoms with E-state index in [9.17, 15) is 5.11 Å². The first-order valence-corrected chi connectivity index (χ1v) is 11.2. The lowest BCUT2D eigenvalue weighted by Crippen LogP contribution is -2.41. The number of halogens is 1. The van der Waals surface area contributed by atoms with Crippen LogP contribution in [-0.4, -0.2) is 57.1 Å². The number of β-amino-alcohol motifs (C(OH)–C–C–N with tert-alkyl or cyclic N) is 1. The third kappa shape index (κ3) is 5.37. The summed E-state index contributed by atoms with van der Waals surface area (Å²) in [6.45, 7) is 4.35. The highest BCUT2D eigenvalue weighted by Gasteiger charge is 2.28. The van der Waals surface area contributed by atoms with Crippen LogP contribution in [0.15, 0.2) is 24.3 Å². The van der Waals surface area contributed by atoms with Crippen molar-refractivity contribution in [1.82, 2.24) is 19.7 Å². The number of likely N-dealkylation sites (tertiary alicyclic amines) is 1. The summed E-state index contributed by atoms with van der Waals surface area (Å²) in [6.07, 6.45) is 6.52. The zero-order valence-corrected chi connectivity index (χ0v) is 17.7. The number of aliphatic hydroxyl groups excluding tert-OH is 1. The summed E-state index contributed by atoms with van der Waals surface area (Å²) in [4.78, 5) is 2.34. The van der Waals surface area contributed by atoms with E-state index >= 15 is 0 Å². The molecule has 0 amide bonds. The maximum atomic E-state index is 10.5. The van der Waals surface area contributed by atoms with E-state index < -0.39 is 6.10 Å². The summed E-state index contributed by atoms with van der Waals surface area (Å²) < 4.78 is 8.07. The zero-order valence-electron chi connectivity index (χ0n) is 17.0. The van der Waals surface area contributed by atoms with E-state index in [1.807, 2.05) is 24.3 Å². The minimum Gasteiger partial charge on any atom is -0.389 e. The van der Waals surface area contributed by atoms with Crippen LogP contribution in [0.5, 0.6) is 0 Å². The van der Waals surface area contributed by atoms with E-state index in [1.165, 1.54) is 19.3 Å². The Morgan fingerprint density at radius 2 is 2.03 bits per heavy atom. The molecular weight excluding hydrogens is 388 g/mol. The Balaban J connectivity index is 1.28. The fraction of sp³-hybridized carbons (Fsp3) is 0.636. The van der Waals surface area contributed by atoms with E-state index in [0.29, 0.717) is 30.7 Å². The molecule has 0 aliphatic carbocycles. The van der Waals surface area contributed by atoms with Crippen molar-refractivity contribution < 1.29 is 9.84 Å². The molecule has 0 bridgehead atoms. The molecule has 158 valence electrons. The highest BCUT2D eigenvalue weighted by Crippen LogP contribution is 2.28. The van der Waals surface area contributed by atoms with E-state index in [0.717, 1.165) is 56.1 Å². The van der Waals surface area contributed by atoms with Gasteiger partial charge in [-0.15, -0.1) is 10.2 Å². The van der Waals surface area contributed by atoms with Crippen LogP contribution in [0.4, 0.5) is 0 Å². The maximum Gasteiger partial charge on any atom is 0.137 e.